The summed E-state index contributed by atoms with van der Waals surface area (Å²) in [6.45, 7) is -3.15. The van der Waals surface area contributed by atoms with Crippen LogP contribution in [0.15, 0.2) is 30.3 Å². The third kappa shape index (κ3) is 3.01. The fraction of sp³-hybridized carbons (Fsp3) is 0.500. The van der Waals surface area contributed by atoms with Crippen molar-refractivity contribution in [3.8, 4) is 0 Å². The topological polar surface area (TPSA) is 49.8 Å². The number of hydrogen-bond acceptors (Lipinski definition) is 3. The summed E-state index contributed by atoms with van der Waals surface area (Å²) in [4.78, 5) is 13.2. The quantitative estimate of drug-likeness (QED) is 0.898. The van der Waals surface area contributed by atoms with Crippen molar-refractivity contribution in [3.05, 3.63) is 35.9 Å². The van der Waals surface area contributed by atoms with Gasteiger partial charge in [0, 0.05) is 19.3 Å². The van der Waals surface area contributed by atoms with Crippen molar-refractivity contribution < 1.29 is 21.5 Å². The van der Waals surface area contributed by atoms with Gasteiger partial charge in [0.05, 0.1) is 12.6 Å². The Balaban J connectivity index is 1.96. The standard InChI is InChI=1S/C14H19NO3/c1-2-12-8-15(9-13(12)16)14(17)18-10-11-6-4-3-5-7-11/h3-7,12-13,16H,2,8-10H2,1H3/t12-,13-/m0/s1/i1D3,2D2. The number of nitrogens with zero attached hydrogens (tertiary/aromatic N) is 1. The van der Waals surface area contributed by atoms with Gasteiger partial charge in [-0.15, -0.1) is 0 Å². The molecule has 0 saturated carbocycles. The molecule has 0 aromatic heterocycles. The number of carbonyl (C=O) groups excluding carboxylic acids is 1. The molecule has 4 nitrogen and oxygen atoms in total. The van der Waals surface area contributed by atoms with E-state index in [0.29, 0.717) is 0 Å². The van der Waals surface area contributed by atoms with Crippen molar-refractivity contribution in [2.24, 2.45) is 5.92 Å². The minimum atomic E-state index is -2.87. The second kappa shape index (κ2) is 5.87. The molecule has 4 heteroatoms. The number of ether oxygens (including phenoxy) is 1. The predicted molar refractivity (Wildman–Crippen MR) is 68.0 cm³/mol. The van der Waals surface area contributed by atoms with Crippen LogP contribution >= 0.6 is 0 Å². The highest BCUT2D eigenvalue weighted by Gasteiger charge is 2.33. The maximum absolute atomic E-state index is 12.0. The van der Waals surface area contributed by atoms with Crippen LogP contribution < -0.4 is 0 Å². The van der Waals surface area contributed by atoms with Gasteiger partial charge in [-0.25, -0.2) is 4.79 Å². The maximum Gasteiger partial charge on any atom is 0.410 e. The molecule has 2 rings (SSSR count). The van der Waals surface area contributed by atoms with Crippen molar-refractivity contribution in [2.75, 3.05) is 13.1 Å². The van der Waals surface area contributed by atoms with Crippen LogP contribution in [-0.2, 0) is 11.3 Å². The Hall–Kier alpha value is -1.55. The van der Waals surface area contributed by atoms with Gasteiger partial charge >= 0.3 is 6.09 Å². The summed E-state index contributed by atoms with van der Waals surface area (Å²) in [5.41, 5.74) is 0.801. The van der Waals surface area contributed by atoms with E-state index in [-0.39, 0.29) is 19.7 Å². The van der Waals surface area contributed by atoms with Crippen LogP contribution in [0.3, 0.4) is 0 Å². The number of aliphatic hydroxyl groups is 1. The second-order valence-corrected chi connectivity index (χ2v) is 4.26. The first-order valence-corrected chi connectivity index (χ1v) is 5.76. The van der Waals surface area contributed by atoms with Crippen LogP contribution in [0.4, 0.5) is 4.79 Å². The summed E-state index contributed by atoms with van der Waals surface area (Å²) in [5.74, 6) is -1.18. The SMILES string of the molecule is [2H]C([2H])([2H])C([2H])([2H])[C@H]1CN(C(=O)OCc2ccccc2)C[C@@H]1O. The van der Waals surface area contributed by atoms with Gasteiger partial charge in [0.2, 0.25) is 0 Å². The average molecular weight is 254 g/mol. The maximum atomic E-state index is 12.0. The zero-order valence-corrected chi connectivity index (χ0v) is 9.87. The smallest absolute Gasteiger partial charge is 0.410 e. The Morgan fingerprint density at radius 2 is 2.33 bits per heavy atom. The molecule has 0 radical (unpaired) electrons. The minimum absolute atomic E-state index is 0.0586. The number of benzene rings is 1. The number of hydrogen-bond donors (Lipinski definition) is 1. The van der Waals surface area contributed by atoms with Crippen LogP contribution in [-0.4, -0.2) is 35.3 Å². The summed E-state index contributed by atoms with van der Waals surface area (Å²) in [6, 6.07) is 9.04. The van der Waals surface area contributed by atoms with Crippen LogP contribution in [0, 0.1) is 5.92 Å². The first kappa shape index (κ1) is 7.79. The molecule has 2 atom stereocenters. The first-order valence-electron chi connectivity index (χ1n) is 8.26. The molecule has 0 aliphatic carbocycles. The Morgan fingerprint density at radius 1 is 1.56 bits per heavy atom. The van der Waals surface area contributed by atoms with Gasteiger partial charge in [0.1, 0.15) is 6.61 Å². The van der Waals surface area contributed by atoms with E-state index in [4.69, 9.17) is 11.6 Å². The zero-order valence-electron chi connectivity index (χ0n) is 14.9. The lowest BCUT2D eigenvalue weighted by atomic mass is 10.0. The number of likely N-dealkylation sites (tertiary alicyclic amines) is 1. The fourth-order valence-corrected chi connectivity index (χ4v) is 1.89. The number of carbonyl (C=O) groups is 1. The van der Waals surface area contributed by atoms with Gasteiger partial charge in [0.15, 0.2) is 0 Å². The first-order chi connectivity index (χ1) is 10.6. The van der Waals surface area contributed by atoms with Crippen molar-refractivity contribution in [3.63, 3.8) is 0 Å². The summed E-state index contributed by atoms with van der Waals surface area (Å²) in [6.07, 6.45) is -4.52. The summed E-state index contributed by atoms with van der Waals surface area (Å²) in [7, 11) is 0. The number of rotatable bonds is 3. The minimum Gasteiger partial charge on any atom is -0.445 e. The van der Waals surface area contributed by atoms with E-state index in [1.165, 1.54) is 0 Å². The molecular weight excluding hydrogens is 230 g/mol. The number of amides is 1. The molecule has 1 saturated heterocycles. The molecule has 0 spiro atoms. The van der Waals surface area contributed by atoms with Crippen molar-refractivity contribution in [2.45, 2.75) is 25.9 Å². The van der Waals surface area contributed by atoms with E-state index >= 15 is 0 Å². The number of β-amino-alcohol motifs (C(OH)–C–C–N with tert-alkyl or cyclic N) is 1. The normalized spacial score (nSPS) is 28.7. The third-order valence-electron chi connectivity index (χ3n) is 2.94. The highest BCUT2D eigenvalue weighted by Crippen LogP contribution is 2.20. The molecule has 1 aromatic rings. The average Bonchev–Trinajstić information content (AvgIpc) is 2.87. The molecule has 1 N–H and O–H groups in total. The van der Waals surface area contributed by atoms with Gasteiger partial charge in [-0.3, -0.25) is 0 Å². The van der Waals surface area contributed by atoms with E-state index in [9.17, 15) is 9.90 Å². The zero-order chi connectivity index (χ0) is 17.3. The Bertz CT molecular complexity index is 549. The fourth-order valence-electron chi connectivity index (χ4n) is 1.89. The van der Waals surface area contributed by atoms with Gasteiger partial charge in [0.25, 0.3) is 0 Å². The van der Waals surface area contributed by atoms with Crippen LogP contribution in [0.1, 0.15) is 25.6 Å². The van der Waals surface area contributed by atoms with Gasteiger partial charge in [-0.2, -0.15) is 0 Å². The summed E-state index contributed by atoms with van der Waals surface area (Å²) in [5, 5.41) is 9.95. The summed E-state index contributed by atoms with van der Waals surface area (Å²) < 4.78 is 42.4. The lowest BCUT2D eigenvalue weighted by Crippen LogP contribution is -2.30. The van der Waals surface area contributed by atoms with E-state index in [0.717, 1.165) is 10.5 Å². The molecule has 0 unspecified atom stereocenters. The van der Waals surface area contributed by atoms with E-state index in [2.05, 4.69) is 0 Å². The molecule has 1 aromatic carbocycles. The third-order valence-corrected chi connectivity index (χ3v) is 2.94. The largest absolute Gasteiger partial charge is 0.445 e. The molecule has 98 valence electrons. The molecule has 1 fully saturated rings. The van der Waals surface area contributed by atoms with E-state index in [1.807, 2.05) is 18.2 Å². The van der Waals surface area contributed by atoms with Gasteiger partial charge < -0.3 is 14.7 Å². The Kier molecular flexibility index (Phi) is 2.54. The molecule has 1 aliphatic rings. The van der Waals surface area contributed by atoms with E-state index in [1.54, 1.807) is 12.1 Å². The highest BCUT2D eigenvalue weighted by atomic mass is 16.6. The number of aliphatic hydroxyl groups excluding tert-OH is 1. The second-order valence-electron chi connectivity index (χ2n) is 4.26. The molecule has 1 amide bonds. The van der Waals surface area contributed by atoms with Crippen LogP contribution in [0.25, 0.3) is 0 Å². The molecule has 1 heterocycles. The monoisotopic (exact) mass is 254 g/mol. The van der Waals surface area contributed by atoms with Crippen LogP contribution in [0.2, 0.25) is 0 Å². The predicted octanol–water partition coefficient (Wildman–Crippen LogP) is 2.03. The highest BCUT2D eigenvalue weighted by molar-refractivity contribution is 5.68. The van der Waals surface area contributed by atoms with E-state index < -0.39 is 31.3 Å². The molecule has 0 bridgehead atoms. The van der Waals surface area contributed by atoms with Crippen molar-refractivity contribution in [1.82, 2.24) is 4.90 Å². The molecule has 1 aliphatic heterocycles. The Labute approximate surface area is 114 Å². The molecular formula is C14H19NO3. The van der Waals surface area contributed by atoms with Crippen molar-refractivity contribution in [1.29, 1.82) is 0 Å². The van der Waals surface area contributed by atoms with Crippen molar-refractivity contribution >= 4 is 6.09 Å². The molecule has 18 heavy (non-hydrogen) atoms. The lowest BCUT2D eigenvalue weighted by Gasteiger charge is -2.15. The van der Waals surface area contributed by atoms with Gasteiger partial charge in [-0.05, 0) is 11.9 Å². The van der Waals surface area contributed by atoms with Gasteiger partial charge in [-0.1, -0.05) is 37.2 Å². The lowest BCUT2D eigenvalue weighted by molar-refractivity contribution is 0.0966. The summed E-state index contributed by atoms with van der Waals surface area (Å²) >= 11 is 0. The van der Waals surface area contributed by atoms with Crippen LogP contribution in [0.5, 0.6) is 0 Å². The Morgan fingerprint density at radius 3 is 3.06 bits per heavy atom.